The number of carbonyl (C=O) groups is 1. The Morgan fingerprint density at radius 2 is 1.75 bits per heavy atom. The Hall–Kier alpha value is -3.10. The molecule has 8 heteroatoms. The van der Waals surface area contributed by atoms with Crippen molar-refractivity contribution in [3.05, 3.63) is 66.2 Å². The molecule has 3 aromatic rings. The van der Waals surface area contributed by atoms with Crippen molar-refractivity contribution in [1.82, 2.24) is 9.62 Å². The predicted molar refractivity (Wildman–Crippen MR) is 122 cm³/mol. The van der Waals surface area contributed by atoms with Crippen molar-refractivity contribution in [1.29, 1.82) is 0 Å². The molecule has 1 aliphatic rings. The van der Waals surface area contributed by atoms with Crippen molar-refractivity contribution >= 4 is 26.7 Å². The first-order valence-electron chi connectivity index (χ1n) is 10.5. The highest BCUT2D eigenvalue weighted by Gasteiger charge is 2.19. The number of fused-ring (bicyclic) bond motifs is 2. The van der Waals surface area contributed by atoms with E-state index in [1.807, 2.05) is 42.5 Å². The first kappa shape index (κ1) is 22.1. The average Bonchev–Trinajstić information content (AvgIpc) is 3.04. The van der Waals surface area contributed by atoms with Gasteiger partial charge in [-0.25, -0.2) is 13.1 Å². The lowest BCUT2D eigenvalue weighted by atomic mass is 10.0. The summed E-state index contributed by atoms with van der Waals surface area (Å²) in [5.41, 5.74) is 1.05. The van der Waals surface area contributed by atoms with Gasteiger partial charge in [0.15, 0.2) is 11.5 Å². The van der Waals surface area contributed by atoms with Gasteiger partial charge in [-0.05, 0) is 28.5 Å². The number of carbonyl (C=O) groups excluding carboxylic acids is 1. The number of amides is 1. The van der Waals surface area contributed by atoms with E-state index in [9.17, 15) is 13.2 Å². The van der Waals surface area contributed by atoms with Gasteiger partial charge in [-0.1, -0.05) is 42.5 Å². The number of hydrogen-bond donors (Lipinski definition) is 1. The zero-order valence-electron chi connectivity index (χ0n) is 17.9. The first-order valence-corrected chi connectivity index (χ1v) is 12.0. The van der Waals surface area contributed by atoms with E-state index in [1.54, 1.807) is 18.0 Å². The summed E-state index contributed by atoms with van der Waals surface area (Å²) in [4.78, 5) is 14.3. The van der Waals surface area contributed by atoms with Gasteiger partial charge in [-0.15, -0.1) is 0 Å². The summed E-state index contributed by atoms with van der Waals surface area (Å²) in [6, 6.07) is 18.6. The van der Waals surface area contributed by atoms with Crippen LogP contribution in [-0.2, 0) is 21.4 Å². The van der Waals surface area contributed by atoms with E-state index >= 15 is 0 Å². The quantitative estimate of drug-likeness (QED) is 0.592. The van der Waals surface area contributed by atoms with E-state index in [2.05, 4.69) is 4.72 Å². The van der Waals surface area contributed by atoms with Crippen LogP contribution in [0.5, 0.6) is 11.5 Å². The fourth-order valence-corrected chi connectivity index (χ4v) is 4.70. The van der Waals surface area contributed by atoms with E-state index in [0.717, 1.165) is 22.8 Å². The van der Waals surface area contributed by atoms with E-state index in [-0.39, 0.29) is 23.8 Å². The van der Waals surface area contributed by atoms with Gasteiger partial charge >= 0.3 is 0 Å². The number of sulfonamides is 1. The summed E-state index contributed by atoms with van der Waals surface area (Å²) in [5, 5.41) is 2.22. The number of nitrogens with zero attached hydrogens (tertiary/aromatic N) is 1. The lowest BCUT2D eigenvalue weighted by Crippen LogP contribution is -2.32. The summed E-state index contributed by atoms with van der Waals surface area (Å²) >= 11 is 0. The molecular formula is C24H26N2O5S. The second-order valence-corrected chi connectivity index (χ2v) is 9.46. The molecule has 168 valence electrons. The van der Waals surface area contributed by atoms with E-state index in [0.29, 0.717) is 31.3 Å². The molecule has 0 unspecified atom stereocenters. The van der Waals surface area contributed by atoms with Crippen molar-refractivity contribution in [2.45, 2.75) is 24.3 Å². The molecule has 1 amide bonds. The number of ether oxygens (including phenoxy) is 2. The molecule has 0 bridgehead atoms. The lowest BCUT2D eigenvalue weighted by molar-refractivity contribution is -0.130. The highest BCUT2D eigenvalue weighted by molar-refractivity contribution is 7.89. The molecular weight excluding hydrogens is 428 g/mol. The van der Waals surface area contributed by atoms with Crippen LogP contribution in [0.4, 0.5) is 0 Å². The van der Waals surface area contributed by atoms with Crippen molar-refractivity contribution < 1.29 is 22.7 Å². The van der Waals surface area contributed by atoms with Crippen LogP contribution < -0.4 is 14.2 Å². The van der Waals surface area contributed by atoms with Crippen LogP contribution >= 0.6 is 0 Å². The molecule has 0 aliphatic carbocycles. The normalized spacial score (nSPS) is 13.5. The third-order valence-corrected chi connectivity index (χ3v) is 6.83. The van der Waals surface area contributed by atoms with Gasteiger partial charge in [-0.3, -0.25) is 4.79 Å². The Labute approximate surface area is 188 Å². The zero-order chi connectivity index (χ0) is 22.6. The standard InChI is InChI=1S/C24H26N2O5S/c1-26(17-19-8-4-7-18-6-2-3-9-21(18)19)24(27)12-13-25-32(28,29)20-10-11-22-23(16-20)31-15-5-14-30-22/h2-4,6-11,16,25H,5,12-15,17H2,1H3. The smallest absolute Gasteiger partial charge is 0.240 e. The van der Waals surface area contributed by atoms with Crippen LogP contribution in [0.2, 0.25) is 0 Å². The van der Waals surface area contributed by atoms with Crippen LogP contribution in [0.25, 0.3) is 10.8 Å². The minimum atomic E-state index is -3.77. The van der Waals surface area contributed by atoms with Crippen LogP contribution in [-0.4, -0.2) is 46.0 Å². The molecule has 1 heterocycles. The fraction of sp³-hybridized carbons (Fsp3) is 0.292. The zero-order valence-corrected chi connectivity index (χ0v) is 18.7. The average molecular weight is 455 g/mol. The molecule has 32 heavy (non-hydrogen) atoms. The van der Waals surface area contributed by atoms with Gasteiger partial charge in [0.1, 0.15) is 0 Å². The monoisotopic (exact) mass is 454 g/mol. The highest BCUT2D eigenvalue weighted by Crippen LogP contribution is 2.31. The highest BCUT2D eigenvalue weighted by atomic mass is 32.2. The SMILES string of the molecule is CN(Cc1cccc2ccccc12)C(=O)CCNS(=O)(=O)c1ccc2c(c1)OCCCO2. The second-order valence-electron chi connectivity index (χ2n) is 7.69. The molecule has 0 radical (unpaired) electrons. The Bertz CT molecular complexity index is 1220. The molecule has 7 nitrogen and oxygen atoms in total. The van der Waals surface area contributed by atoms with E-state index in [1.165, 1.54) is 12.1 Å². The largest absolute Gasteiger partial charge is 0.490 e. The van der Waals surface area contributed by atoms with Gasteiger partial charge in [0.25, 0.3) is 0 Å². The molecule has 0 atom stereocenters. The van der Waals surface area contributed by atoms with E-state index in [4.69, 9.17) is 9.47 Å². The number of hydrogen-bond acceptors (Lipinski definition) is 5. The van der Waals surface area contributed by atoms with Crippen molar-refractivity contribution in [3.8, 4) is 11.5 Å². The summed E-state index contributed by atoms with van der Waals surface area (Å²) < 4.78 is 38.9. The van der Waals surface area contributed by atoms with Gasteiger partial charge in [0.2, 0.25) is 15.9 Å². The Morgan fingerprint density at radius 3 is 2.59 bits per heavy atom. The number of rotatable bonds is 7. The molecule has 1 N–H and O–H groups in total. The summed E-state index contributed by atoms with van der Waals surface area (Å²) in [7, 11) is -2.05. The molecule has 0 saturated carbocycles. The van der Waals surface area contributed by atoms with Gasteiger partial charge in [-0.2, -0.15) is 0 Å². The first-order chi connectivity index (χ1) is 15.4. The summed E-state index contributed by atoms with van der Waals surface area (Å²) in [5.74, 6) is 0.808. The predicted octanol–water partition coefficient (Wildman–Crippen LogP) is 3.33. The van der Waals surface area contributed by atoms with Gasteiger partial charge < -0.3 is 14.4 Å². The Balaban J connectivity index is 1.35. The van der Waals surface area contributed by atoms with Crippen LogP contribution in [0.1, 0.15) is 18.4 Å². The minimum Gasteiger partial charge on any atom is -0.490 e. The molecule has 4 rings (SSSR count). The molecule has 0 saturated heterocycles. The van der Waals surface area contributed by atoms with Crippen LogP contribution in [0.3, 0.4) is 0 Å². The molecule has 1 aliphatic heterocycles. The van der Waals surface area contributed by atoms with Crippen molar-refractivity contribution in [2.75, 3.05) is 26.8 Å². The third kappa shape index (κ3) is 5.03. The second kappa shape index (κ2) is 9.58. The minimum absolute atomic E-state index is 0.00941. The van der Waals surface area contributed by atoms with Gasteiger partial charge in [0, 0.05) is 39.0 Å². The molecule has 0 fully saturated rings. The Kier molecular flexibility index (Phi) is 6.62. The maximum atomic E-state index is 12.7. The fourth-order valence-electron chi connectivity index (χ4n) is 3.65. The maximum absolute atomic E-state index is 12.7. The third-order valence-electron chi connectivity index (χ3n) is 5.37. The van der Waals surface area contributed by atoms with E-state index < -0.39 is 10.0 Å². The lowest BCUT2D eigenvalue weighted by Gasteiger charge is -2.19. The van der Waals surface area contributed by atoms with Crippen LogP contribution in [0.15, 0.2) is 65.6 Å². The maximum Gasteiger partial charge on any atom is 0.240 e. The number of benzene rings is 3. The van der Waals surface area contributed by atoms with Gasteiger partial charge in [0.05, 0.1) is 18.1 Å². The van der Waals surface area contributed by atoms with Crippen molar-refractivity contribution in [3.63, 3.8) is 0 Å². The summed E-state index contributed by atoms with van der Waals surface area (Å²) in [6.07, 6.45) is 0.800. The van der Waals surface area contributed by atoms with Crippen molar-refractivity contribution in [2.24, 2.45) is 0 Å². The van der Waals surface area contributed by atoms with Crippen LogP contribution in [0, 0.1) is 0 Å². The summed E-state index contributed by atoms with van der Waals surface area (Å²) in [6.45, 7) is 1.47. The molecule has 3 aromatic carbocycles. The molecule has 0 aromatic heterocycles. The topological polar surface area (TPSA) is 84.9 Å². The number of nitrogens with one attached hydrogen (secondary N) is 1. The molecule has 0 spiro atoms. The Morgan fingerprint density at radius 1 is 1.00 bits per heavy atom.